The number of hydrogen-bond acceptors (Lipinski definition) is 2. The van der Waals surface area contributed by atoms with Crippen molar-refractivity contribution in [3.63, 3.8) is 0 Å². The zero-order valence-corrected chi connectivity index (χ0v) is 12.9. The summed E-state index contributed by atoms with van der Waals surface area (Å²) in [6.07, 6.45) is -0.779. The predicted octanol–water partition coefficient (Wildman–Crippen LogP) is 3.87. The highest BCUT2D eigenvalue weighted by atomic mass is 35.5. The Bertz CT molecular complexity index is 624. The Morgan fingerprint density at radius 1 is 1.19 bits per heavy atom. The van der Waals surface area contributed by atoms with Crippen molar-refractivity contribution in [1.82, 2.24) is 0 Å². The van der Waals surface area contributed by atoms with Crippen LogP contribution in [-0.2, 0) is 0 Å². The average Bonchev–Trinajstić information content (AvgIpc) is 2.41. The highest BCUT2D eigenvalue weighted by Crippen LogP contribution is 2.36. The Hall–Kier alpha value is -1.42. The normalized spacial score (nSPS) is 14.0. The molecule has 0 aliphatic heterocycles. The van der Waals surface area contributed by atoms with Gasteiger partial charge in [-0.05, 0) is 48.2 Å². The van der Waals surface area contributed by atoms with Crippen molar-refractivity contribution in [1.29, 1.82) is 0 Å². The molecule has 2 nitrogen and oxygen atoms in total. The minimum Gasteiger partial charge on any atom is -0.388 e. The molecule has 2 unspecified atom stereocenters. The maximum absolute atomic E-state index is 13.2. The molecule has 0 heterocycles. The second-order valence-electron chi connectivity index (χ2n) is 5.26. The van der Waals surface area contributed by atoms with E-state index < -0.39 is 11.9 Å². The molecule has 0 spiro atoms. The van der Waals surface area contributed by atoms with Crippen LogP contribution in [0.4, 0.5) is 4.39 Å². The summed E-state index contributed by atoms with van der Waals surface area (Å²) in [5.41, 5.74) is 9.35. The summed E-state index contributed by atoms with van der Waals surface area (Å²) in [5.74, 6) is -0.779. The van der Waals surface area contributed by atoms with E-state index in [2.05, 4.69) is 0 Å². The molecule has 2 aromatic carbocycles. The first kappa shape index (κ1) is 16.0. The summed E-state index contributed by atoms with van der Waals surface area (Å²) in [5, 5.41) is 11.0. The zero-order valence-electron chi connectivity index (χ0n) is 12.1. The molecule has 0 aliphatic carbocycles. The van der Waals surface area contributed by atoms with Gasteiger partial charge in [0.1, 0.15) is 5.82 Å². The van der Waals surface area contributed by atoms with E-state index in [1.807, 2.05) is 32.0 Å². The van der Waals surface area contributed by atoms with Crippen LogP contribution in [0.3, 0.4) is 0 Å². The van der Waals surface area contributed by atoms with Crippen molar-refractivity contribution in [3.8, 4) is 0 Å². The summed E-state index contributed by atoms with van der Waals surface area (Å²) in [4.78, 5) is 0. The van der Waals surface area contributed by atoms with E-state index in [0.717, 1.165) is 16.7 Å². The number of halogens is 2. The first-order valence-electron chi connectivity index (χ1n) is 6.85. The third-order valence-corrected chi connectivity index (χ3v) is 4.16. The van der Waals surface area contributed by atoms with Crippen molar-refractivity contribution >= 4 is 11.6 Å². The third kappa shape index (κ3) is 3.26. The largest absolute Gasteiger partial charge is 0.388 e. The van der Waals surface area contributed by atoms with Gasteiger partial charge in [0.2, 0.25) is 0 Å². The van der Waals surface area contributed by atoms with E-state index in [9.17, 15) is 9.50 Å². The first-order chi connectivity index (χ1) is 9.95. The van der Waals surface area contributed by atoms with E-state index in [-0.39, 0.29) is 17.5 Å². The van der Waals surface area contributed by atoms with E-state index >= 15 is 0 Å². The lowest BCUT2D eigenvalue weighted by atomic mass is 9.85. The lowest BCUT2D eigenvalue weighted by Crippen LogP contribution is -2.22. The van der Waals surface area contributed by atoms with Crippen LogP contribution in [-0.4, -0.2) is 11.7 Å². The van der Waals surface area contributed by atoms with Gasteiger partial charge in [-0.1, -0.05) is 35.9 Å². The topological polar surface area (TPSA) is 46.2 Å². The van der Waals surface area contributed by atoms with Gasteiger partial charge in [0.05, 0.1) is 6.10 Å². The molecular weight excluding hydrogens is 289 g/mol. The Morgan fingerprint density at radius 3 is 2.33 bits per heavy atom. The van der Waals surface area contributed by atoms with Gasteiger partial charge in [0.15, 0.2) is 0 Å². The van der Waals surface area contributed by atoms with Gasteiger partial charge in [-0.3, -0.25) is 0 Å². The van der Waals surface area contributed by atoms with E-state index in [1.54, 1.807) is 6.07 Å². The van der Waals surface area contributed by atoms with Crippen molar-refractivity contribution in [2.45, 2.75) is 25.9 Å². The van der Waals surface area contributed by atoms with Gasteiger partial charge in [0.25, 0.3) is 0 Å². The van der Waals surface area contributed by atoms with Crippen molar-refractivity contribution < 1.29 is 9.50 Å². The van der Waals surface area contributed by atoms with Gasteiger partial charge in [-0.25, -0.2) is 4.39 Å². The summed E-state index contributed by atoms with van der Waals surface area (Å²) >= 11 is 6.11. The number of aliphatic hydroxyl groups excluding tert-OH is 1. The Labute approximate surface area is 129 Å². The fraction of sp³-hybridized carbons (Fsp3) is 0.294. The smallest absolute Gasteiger partial charge is 0.124 e. The fourth-order valence-corrected chi connectivity index (χ4v) is 3.03. The Kier molecular flexibility index (Phi) is 4.99. The minimum atomic E-state index is -0.779. The first-order valence-corrected chi connectivity index (χ1v) is 7.22. The molecule has 0 saturated carbocycles. The van der Waals surface area contributed by atoms with Gasteiger partial charge in [0, 0.05) is 17.5 Å². The molecule has 4 heteroatoms. The molecule has 0 fully saturated rings. The second kappa shape index (κ2) is 6.56. The molecule has 0 aliphatic rings. The van der Waals surface area contributed by atoms with Crippen LogP contribution in [0.1, 0.15) is 34.3 Å². The average molecular weight is 308 g/mol. The van der Waals surface area contributed by atoms with Gasteiger partial charge in [-0.15, -0.1) is 0 Å². The monoisotopic (exact) mass is 307 g/mol. The molecule has 0 bridgehead atoms. The van der Waals surface area contributed by atoms with Crippen LogP contribution in [0.2, 0.25) is 5.02 Å². The molecule has 0 saturated heterocycles. The zero-order chi connectivity index (χ0) is 15.6. The van der Waals surface area contributed by atoms with Crippen LogP contribution in [0, 0.1) is 19.7 Å². The van der Waals surface area contributed by atoms with Crippen LogP contribution < -0.4 is 5.73 Å². The van der Waals surface area contributed by atoms with Crippen molar-refractivity contribution in [2.75, 3.05) is 6.54 Å². The lowest BCUT2D eigenvalue weighted by Gasteiger charge is -2.26. The van der Waals surface area contributed by atoms with Crippen LogP contribution in [0.15, 0.2) is 36.4 Å². The van der Waals surface area contributed by atoms with E-state index in [0.29, 0.717) is 5.56 Å². The molecule has 2 aromatic rings. The molecule has 0 amide bonds. The molecule has 21 heavy (non-hydrogen) atoms. The molecular formula is C17H19ClFNO. The lowest BCUT2D eigenvalue weighted by molar-refractivity contribution is 0.146. The number of hydrogen-bond donors (Lipinski definition) is 2. The quantitative estimate of drug-likeness (QED) is 0.900. The second-order valence-corrected chi connectivity index (χ2v) is 5.67. The third-order valence-electron chi connectivity index (χ3n) is 3.83. The van der Waals surface area contributed by atoms with Gasteiger partial charge in [-0.2, -0.15) is 0 Å². The summed E-state index contributed by atoms with van der Waals surface area (Å²) in [6, 6.07) is 10.0. The Morgan fingerprint density at radius 2 is 1.81 bits per heavy atom. The van der Waals surface area contributed by atoms with E-state index in [1.165, 1.54) is 12.1 Å². The van der Waals surface area contributed by atoms with Gasteiger partial charge < -0.3 is 10.8 Å². The van der Waals surface area contributed by atoms with Crippen LogP contribution in [0.5, 0.6) is 0 Å². The minimum absolute atomic E-state index is 0.223. The number of aliphatic hydroxyl groups is 1. The van der Waals surface area contributed by atoms with Crippen molar-refractivity contribution in [3.05, 3.63) is 69.5 Å². The van der Waals surface area contributed by atoms with Crippen molar-refractivity contribution in [2.24, 2.45) is 5.73 Å². The number of benzene rings is 2. The summed E-state index contributed by atoms with van der Waals surface area (Å²) in [6.45, 7) is 4.12. The molecule has 2 atom stereocenters. The maximum Gasteiger partial charge on any atom is 0.124 e. The summed E-state index contributed by atoms with van der Waals surface area (Å²) < 4.78 is 13.2. The fourth-order valence-electron chi connectivity index (χ4n) is 2.72. The molecule has 0 radical (unpaired) electrons. The highest BCUT2D eigenvalue weighted by molar-refractivity contribution is 6.31. The number of nitrogens with two attached hydrogens (primary N) is 1. The van der Waals surface area contributed by atoms with E-state index in [4.69, 9.17) is 17.3 Å². The maximum atomic E-state index is 13.2. The molecule has 0 aromatic heterocycles. The molecule has 3 N–H and O–H groups in total. The SMILES string of the molecule is Cc1cccc(C)c1C(O)C(CN)c1ccc(F)cc1Cl. The van der Waals surface area contributed by atoms with Gasteiger partial charge >= 0.3 is 0 Å². The van der Waals surface area contributed by atoms with Crippen LogP contribution >= 0.6 is 11.6 Å². The predicted molar refractivity (Wildman–Crippen MR) is 84.1 cm³/mol. The highest BCUT2D eigenvalue weighted by Gasteiger charge is 2.26. The summed E-state index contributed by atoms with van der Waals surface area (Å²) in [7, 11) is 0. The number of rotatable bonds is 4. The molecule has 112 valence electrons. The van der Waals surface area contributed by atoms with Crippen LogP contribution in [0.25, 0.3) is 0 Å². The number of aryl methyl sites for hydroxylation is 2. The molecule has 2 rings (SSSR count). The Balaban J connectivity index is 2.46. The standard InChI is InChI=1S/C17H19ClFNO/c1-10-4-3-5-11(2)16(10)17(21)14(9-20)13-7-6-12(19)8-15(13)18/h3-8,14,17,21H,9,20H2,1-2H3.